The fourth-order valence-corrected chi connectivity index (χ4v) is 1.92. The molecule has 1 heterocycles. The highest BCUT2D eigenvalue weighted by Gasteiger charge is 2.12. The van der Waals surface area contributed by atoms with E-state index in [1.54, 1.807) is 14.2 Å². The first kappa shape index (κ1) is 15.6. The van der Waals surface area contributed by atoms with Crippen molar-refractivity contribution in [2.45, 2.75) is 6.54 Å². The van der Waals surface area contributed by atoms with Crippen LogP contribution in [0.4, 0.5) is 0 Å². The van der Waals surface area contributed by atoms with Crippen molar-refractivity contribution in [1.29, 1.82) is 0 Å². The molecule has 0 aliphatic rings. The van der Waals surface area contributed by atoms with Gasteiger partial charge in [-0.05, 0) is 12.1 Å². The highest BCUT2D eigenvalue weighted by molar-refractivity contribution is 5.51. The summed E-state index contributed by atoms with van der Waals surface area (Å²) in [5.41, 5.74) is 0.927. The Bertz CT molecular complexity index is 508. The van der Waals surface area contributed by atoms with Crippen LogP contribution in [0.2, 0.25) is 0 Å². The summed E-state index contributed by atoms with van der Waals surface area (Å²) in [6.45, 7) is 3.49. The van der Waals surface area contributed by atoms with Gasteiger partial charge in [0.05, 0.1) is 19.8 Å². The van der Waals surface area contributed by atoms with Crippen molar-refractivity contribution in [2.75, 3.05) is 40.5 Å². The highest BCUT2D eigenvalue weighted by Crippen LogP contribution is 2.17. The smallest absolute Gasteiger partial charge is 0.247 e. The first-order valence-corrected chi connectivity index (χ1v) is 6.91. The fourth-order valence-electron chi connectivity index (χ4n) is 1.92. The van der Waals surface area contributed by atoms with Crippen molar-refractivity contribution in [2.24, 2.45) is 0 Å². The maximum Gasteiger partial charge on any atom is 0.247 e. The van der Waals surface area contributed by atoms with E-state index in [2.05, 4.69) is 15.1 Å². The standard InChI is InChI=1S/C15H21N3O3/c1-19-10-8-18(9-11-20-2)12-14-16-17-15(21-14)13-6-4-3-5-7-13/h3-7H,8-12H2,1-2H3. The molecule has 0 amide bonds. The Labute approximate surface area is 124 Å². The summed E-state index contributed by atoms with van der Waals surface area (Å²) in [6.07, 6.45) is 0. The van der Waals surface area contributed by atoms with Crippen LogP contribution in [0.25, 0.3) is 11.5 Å². The van der Waals surface area contributed by atoms with Gasteiger partial charge in [0, 0.05) is 32.9 Å². The summed E-state index contributed by atoms with van der Waals surface area (Å²) in [6, 6.07) is 9.75. The summed E-state index contributed by atoms with van der Waals surface area (Å²) in [7, 11) is 3.38. The summed E-state index contributed by atoms with van der Waals surface area (Å²) in [5.74, 6) is 1.14. The summed E-state index contributed by atoms with van der Waals surface area (Å²) >= 11 is 0. The van der Waals surface area contributed by atoms with Gasteiger partial charge in [-0.25, -0.2) is 0 Å². The Morgan fingerprint density at radius 1 is 1.00 bits per heavy atom. The molecule has 21 heavy (non-hydrogen) atoms. The number of hydrogen-bond acceptors (Lipinski definition) is 6. The summed E-state index contributed by atoms with van der Waals surface area (Å²) in [5, 5.41) is 8.20. The van der Waals surface area contributed by atoms with E-state index in [-0.39, 0.29) is 0 Å². The summed E-state index contributed by atoms with van der Waals surface area (Å²) < 4.78 is 15.9. The van der Waals surface area contributed by atoms with Crippen molar-refractivity contribution in [3.8, 4) is 11.5 Å². The van der Waals surface area contributed by atoms with Crippen LogP contribution in [0.3, 0.4) is 0 Å². The van der Waals surface area contributed by atoms with Gasteiger partial charge in [0.25, 0.3) is 0 Å². The second-order valence-corrected chi connectivity index (χ2v) is 4.63. The molecular formula is C15H21N3O3. The molecule has 1 aromatic carbocycles. The van der Waals surface area contributed by atoms with Gasteiger partial charge in [-0.15, -0.1) is 10.2 Å². The molecule has 0 aliphatic carbocycles. The predicted octanol–water partition coefficient (Wildman–Crippen LogP) is 1.83. The number of rotatable bonds is 9. The Morgan fingerprint density at radius 3 is 2.29 bits per heavy atom. The lowest BCUT2D eigenvalue weighted by Crippen LogP contribution is -2.30. The van der Waals surface area contributed by atoms with E-state index in [0.29, 0.717) is 31.5 Å². The number of ether oxygens (including phenoxy) is 2. The van der Waals surface area contributed by atoms with Crippen LogP contribution in [0.15, 0.2) is 34.7 Å². The average molecular weight is 291 g/mol. The molecule has 0 atom stereocenters. The molecule has 0 saturated heterocycles. The Morgan fingerprint density at radius 2 is 1.67 bits per heavy atom. The van der Waals surface area contributed by atoms with E-state index in [9.17, 15) is 0 Å². The third-order valence-corrected chi connectivity index (χ3v) is 3.07. The zero-order valence-corrected chi connectivity index (χ0v) is 12.5. The average Bonchev–Trinajstić information content (AvgIpc) is 2.99. The van der Waals surface area contributed by atoms with Crippen molar-refractivity contribution < 1.29 is 13.9 Å². The molecule has 1 aromatic heterocycles. The van der Waals surface area contributed by atoms with Crippen LogP contribution in [-0.4, -0.2) is 55.6 Å². The third-order valence-electron chi connectivity index (χ3n) is 3.07. The Hall–Kier alpha value is -1.76. The van der Waals surface area contributed by atoms with Crippen molar-refractivity contribution in [1.82, 2.24) is 15.1 Å². The topological polar surface area (TPSA) is 60.6 Å². The Kier molecular flexibility index (Phi) is 6.33. The van der Waals surface area contributed by atoms with Crippen molar-refractivity contribution in [3.05, 3.63) is 36.2 Å². The van der Waals surface area contributed by atoms with E-state index >= 15 is 0 Å². The minimum absolute atomic E-state index is 0.545. The molecule has 2 rings (SSSR count). The minimum Gasteiger partial charge on any atom is -0.419 e. The lowest BCUT2D eigenvalue weighted by atomic mass is 10.2. The van der Waals surface area contributed by atoms with E-state index in [1.807, 2.05) is 30.3 Å². The third kappa shape index (κ3) is 4.93. The molecule has 6 nitrogen and oxygen atoms in total. The normalized spacial score (nSPS) is 11.2. The van der Waals surface area contributed by atoms with Crippen LogP contribution in [0, 0.1) is 0 Å². The van der Waals surface area contributed by atoms with Gasteiger partial charge >= 0.3 is 0 Å². The molecule has 0 bridgehead atoms. The van der Waals surface area contributed by atoms with Crippen LogP contribution in [0.5, 0.6) is 0 Å². The molecule has 0 spiro atoms. The fraction of sp³-hybridized carbons (Fsp3) is 0.467. The molecule has 2 aromatic rings. The lowest BCUT2D eigenvalue weighted by molar-refractivity contribution is 0.105. The maximum atomic E-state index is 5.71. The van der Waals surface area contributed by atoms with Crippen LogP contribution in [-0.2, 0) is 16.0 Å². The zero-order valence-electron chi connectivity index (χ0n) is 12.5. The second-order valence-electron chi connectivity index (χ2n) is 4.63. The molecule has 0 radical (unpaired) electrons. The number of hydrogen-bond donors (Lipinski definition) is 0. The second kappa shape index (κ2) is 8.51. The maximum absolute atomic E-state index is 5.71. The van der Waals surface area contributed by atoms with E-state index in [1.165, 1.54) is 0 Å². The molecule has 0 N–H and O–H groups in total. The van der Waals surface area contributed by atoms with Gasteiger partial charge in [0.2, 0.25) is 11.8 Å². The number of aromatic nitrogens is 2. The quantitative estimate of drug-likeness (QED) is 0.702. The van der Waals surface area contributed by atoms with E-state index < -0.39 is 0 Å². The largest absolute Gasteiger partial charge is 0.419 e. The number of methoxy groups -OCH3 is 2. The van der Waals surface area contributed by atoms with Crippen LogP contribution in [0.1, 0.15) is 5.89 Å². The molecule has 114 valence electrons. The van der Waals surface area contributed by atoms with E-state index in [4.69, 9.17) is 13.9 Å². The highest BCUT2D eigenvalue weighted by atomic mass is 16.5. The minimum atomic E-state index is 0.545. The summed E-state index contributed by atoms with van der Waals surface area (Å²) in [4.78, 5) is 2.16. The molecule has 0 aliphatic heterocycles. The monoisotopic (exact) mass is 291 g/mol. The first-order chi connectivity index (χ1) is 10.3. The van der Waals surface area contributed by atoms with Crippen molar-refractivity contribution >= 4 is 0 Å². The van der Waals surface area contributed by atoms with Gasteiger partial charge in [-0.2, -0.15) is 0 Å². The van der Waals surface area contributed by atoms with Crippen LogP contribution < -0.4 is 0 Å². The van der Waals surface area contributed by atoms with Gasteiger partial charge in [0.15, 0.2) is 0 Å². The SMILES string of the molecule is COCCN(CCOC)Cc1nnc(-c2ccccc2)o1. The van der Waals surface area contributed by atoms with Gasteiger partial charge in [0.1, 0.15) is 0 Å². The number of benzene rings is 1. The zero-order chi connectivity index (χ0) is 14.9. The molecule has 6 heteroatoms. The van der Waals surface area contributed by atoms with Gasteiger partial charge < -0.3 is 13.9 Å². The molecule has 0 saturated carbocycles. The van der Waals surface area contributed by atoms with Crippen LogP contribution >= 0.6 is 0 Å². The Balaban J connectivity index is 1.98. The molecule has 0 unspecified atom stereocenters. The lowest BCUT2D eigenvalue weighted by Gasteiger charge is -2.19. The van der Waals surface area contributed by atoms with Gasteiger partial charge in [-0.3, -0.25) is 4.90 Å². The number of nitrogens with zero attached hydrogens (tertiary/aromatic N) is 3. The van der Waals surface area contributed by atoms with E-state index in [0.717, 1.165) is 18.7 Å². The molecule has 0 fully saturated rings. The predicted molar refractivity (Wildman–Crippen MR) is 78.8 cm³/mol. The van der Waals surface area contributed by atoms with Gasteiger partial charge in [-0.1, -0.05) is 18.2 Å². The van der Waals surface area contributed by atoms with Crippen molar-refractivity contribution in [3.63, 3.8) is 0 Å². The molecular weight excluding hydrogens is 270 g/mol. The first-order valence-electron chi connectivity index (χ1n) is 6.91.